The van der Waals surface area contributed by atoms with E-state index in [9.17, 15) is 9.90 Å². The molecule has 3 aromatic rings. The molecule has 7 nitrogen and oxygen atoms in total. The van der Waals surface area contributed by atoms with E-state index in [0.29, 0.717) is 11.5 Å². The fourth-order valence-electron chi connectivity index (χ4n) is 3.42. The van der Waals surface area contributed by atoms with Crippen LogP contribution >= 0.6 is 22.9 Å². The van der Waals surface area contributed by atoms with Gasteiger partial charge in [0.2, 0.25) is 0 Å². The zero-order valence-electron chi connectivity index (χ0n) is 17.9. The van der Waals surface area contributed by atoms with Crippen molar-refractivity contribution >= 4 is 52.1 Å². The van der Waals surface area contributed by atoms with Crippen molar-refractivity contribution < 1.29 is 14.7 Å². The number of aryl methyl sites for hydroxylation is 1. The van der Waals surface area contributed by atoms with Gasteiger partial charge < -0.3 is 25.4 Å². The van der Waals surface area contributed by atoms with Gasteiger partial charge in [0.15, 0.2) is 0 Å². The first kappa shape index (κ1) is 23.7. The number of nitrogens with zero attached hydrogens (tertiary/aromatic N) is 2. The standard InChI is InChI=1S/C22H23ClN4O2S.CH2O/c1-13-3-4-19(24-12-13)25-22(29)16-10-15(23)11-17(28)21(16)26-20-9-14-5-7-27(2)8-6-18(14)30-20;1-2/h3-4,9-12,26,28H,5-8H2,1-2H3,(H,24,25,29);1H2. The van der Waals surface area contributed by atoms with Crippen LogP contribution in [-0.4, -0.2) is 47.8 Å². The highest BCUT2D eigenvalue weighted by Crippen LogP contribution is 2.38. The Morgan fingerprint density at radius 1 is 1.22 bits per heavy atom. The van der Waals surface area contributed by atoms with E-state index < -0.39 is 5.91 Å². The zero-order valence-corrected chi connectivity index (χ0v) is 19.5. The number of rotatable bonds is 4. The SMILES string of the molecule is C=O.Cc1ccc(NC(=O)c2cc(Cl)cc(O)c2Nc2cc3c(s2)CCN(C)CC3)nc1. The van der Waals surface area contributed by atoms with Crippen LogP contribution in [0.2, 0.25) is 5.02 Å². The Labute approximate surface area is 196 Å². The first-order valence-corrected chi connectivity index (χ1v) is 11.2. The van der Waals surface area contributed by atoms with E-state index in [4.69, 9.17) is 16.4 Å². The van der Waals surface area contributed by atoms with Crippen molar-refractivity contribution in [3.63, 3.8) is 0 Å². The predicted molar refractivity (Wildman–Crippen MR) is 130 cm³/mol. The Morgan fingerprint density at radius 3 is 2.69 bits per heavy atom. The minimum atomic E-state index is -0.397. The quantitative estimate of drug-likeness (QED) is 0.478. The number of benzene rings is 1. The topological polar surface area (TPSA) is 94.6 Å². The first-order chi connectivity index (χ1) is 15.4. The maximum Gasteiger partial charge on any atom is 0.259 e. The number of aromatic hydroxyl groups is 1. The van der Waals surface area contributed by atoms with Gasteiger partial charge in [-0.25, -0.2) is 4.98 Å². The molecule has 0 atom stereocenters. The molecule has 0 spiro atoms. The number of thiophene rings is 1. The van der Waals surface area contributed by atoms with Crippen molar-refractivity contribution in [1.29, 1.82) is 0 Å². The Bertz CT molecular complexity index is 1080. The lowest BCUT2D eigenvalue weighted by Gasteiger charge is -2.14. The summed E-state index contributed by atoms with van der Waals surface area (Å²) in [5, 5.41) is 17.7. The van der Waals surface area contributed by atoms with Gasteiger partial charge in [-0.1, -0.05) is 17.7 Å². The van der Waals surface area contributed by atoms with Gasteiger partial charge in [0.25, 0.3) is 5.91 Å². The molecule has 0 fully saturated rings. The molecule has 168 valence electrons. The van der Waals surface area contributed by atoms with E-state index in [2.05, 4.69) is 33.6 Å². The van der Waals surface area contributed by atoms with Gasteiger partial charge in [-0.3, -0.25) is 4.79 Å². The molecule has 0 saturated carbocycles. The highest BCUT2D eigenvalue weighted by atomic mass is 35.5. The summed E-state index contributed by atoms with van der Waals surface area (Å²) in [7, 11) is 2.13. The third kappa shape index (κ3) is 5.64. The Kier molecular flexibility index (Phi) is 7.84. The minimum Gasteiger partial charge on any atom is -0.506 e. The Hall–Kier alpha value is -2.94. The molecular weight excluding hydrogens is 448 g/mol. The molecule has 2 aromatic heterocycles. The number of hydrogen-bond donors (Lipinski definition) is 3. The largest absolute Gasteiger partial charge is 0.506 e. The van der Waals surface area contributed by atoms with Crippen LogP contribution in [0.25, 0.3) is 0 Å². The summed E-state index contributed by atoms with van der Waals surface area (Å²) in [6.45, 7) is 5.97. The Balaban J connectivity index is 0.00000141. The maximum atomic E-state index is 12.9. The van der Waals surface area contributed by atoms with Crippen molar-refractivity contribution in [2.45, 2.75) is 19.8 Å². The highest BCUT2D eigenvalue weighted by Gasteiger charge is 2.20. The van der Waals surface area contributed by atoms with Crippen molar-refractivity contribution in [2.24, 2.45) is 0 Å². The van der Waals surface area contributed by atoms with E-state index in [1.165, 1.54) is 16.5 Å². The number of amides is 1. The van der Waals surface area contributed by atoms with Crippen LogP contribution in [0.15, 0.2) is 36.5 Å². The molecule has 0 bridgehead atoms. The number of halogens is 1. The number of aromatic nitrogens is 1. The summed E-state index contributed by atoms with van der Waals surface area (Å²) in [4.78, 5) is 28.8. The number of phenols is 1. The second-order valence-corrected chi connectivity index (χ2v) is 9.08. The molecule has 0 unspecified atom stereocenters. The van der Waals surface area contributed by atoms with Gasteiger partial charge in [-0.05, 0) is 56.1 Å². The van der Waals surface area contributed by atoms with Gasteiger partial charge in [0.1, 0.15) is 18.4 Å². The average Bonchev–Trinajstić information content (AvgIpc) is 3.08. The van der Waals surface area contributed by atoms with Crippen molar-refractivity contribution in [3.05, 3.63) is 63.1 Å². The smallest absolute Gasteiger partial charge is 0.259 e. The third-order valence-corrected chi connectivity index (χ3v) is 6.48. The lowest BCUT2D eigenvalue weighted by Crippen LogP contribution is -2.20. The summed E-state index contributed by atoms with van der Waals surface area (Å²) >= 11 is 7.78. The second-order valence-electron chi connectivity index (χ2n) is 7.51. The predicted octanol–water partition coefficient (Wildman–Crippen LogP) is 4.65. The summed E-state index contributed by atoms with van der Waals surface area (Å²) in [5.41, 5.74) is 2.90. The van der Waals surface area contributed by atoms with Gasteiger partial charge in [0, 0.05) is 35.3 Å². The molecule has 1 aliphatic rings. The zero-order chi connectivity index (χ0) is 23.3. The summed E-state index contributed by atoms with van der Waals surface area (Å²) in [6, 6.07) is 8.68. The summed E-state index contributed by atoms with van der Waals surface area (Å²) in [6.07, 6.45) is 3.67. The van der Waals surface area contributed by atoms with Crippen LogP contribution in [0, 0.1) is 6.92 Å². The number of hydrogen-bond acceptors (Lipinski definition) is 7. The lowest BCUT2D eigenvalue weighted by molar-refractivity contribution is -0.0980. The van der Waals surface area contributed by atoms with Crippen LogP contribution in [-0.2, 0) is 17.6 Å². The minimum absolute atomic E-state index is 0.0761. The lowest BCUT2D eigenvalue weighted by atomic mass is 10.1. The van der Waals surface area contributed by atoms with Crippen molar-refractivity contribution in [1.82, 2.24) is 9.88 Å². The van der Waals surface area contributed by atoms with E-state index in [0.717, 1.165) is 36.5 Å². The molecule has 1 amide bonds. The number of nitrogens with one attached hydrogen (secondary N) is 2. The molecule has 32 heavy (non-hydrogen) atoms. The van der Waals surface area contributed by atoms with E-state index in [1.807, 2.05) is 19.8 Å². The van der Waals surface area contributed by atoms with Crippen LogP contribution in [0.4, 0.5) is 16.5 Å². The highest BCUT2D eigenvalue weighted by molar-refractivity contribution is 7.16. The van der Waals surface area contributed by atoms with Crippen LogP contribution < -0.4 is 10.6 Å². The third-order valence-electron chi connectivity index (χ3n) is 5.11. The number of carbonyl (C=O) groups is 2. The number of fused-ring (bicyclic) bond motifs is 1. The summed E-state index contributed by atoms with van der Waals surface area (Å²) in [5.74, 6) is -0.0396. The number of carbonyl (C=O) groups excluding carboxylic acids is 2. The number of pyridine rings is 1. The molecule has 0 saturated heterocycles. The Morgan fingerprint density at radius 2 is 1.97 bits per heavy atom. The molecule has 4 rings (SSSR count). The fourth-order valence-corrected chi connectivity index (χ4v) is 4.74. The van der Waals surface area contributed by atoms with Crippen LogP contribution in [0.3, 0.4) is 0 Å². The fraction of sp³-hybridized carbons (Fsp3) is 0.261. The van der Waals surface area contributed by atoms with Crippen molar-refractivity contribution in [3.8, 4) is 5.75 Å². The number of phenolic OH excluding ortho intramolecular Hbond substituents is 1. The normalized spacial score (nSPS) is 13.3. The number of anilines is 3. The molecule has 1 aliphatic heterocycles. The maximum absolute atomic E-state index is 12.9. The number of likely N-dealkylation sites (N-methyl/N-ethyl adjacent to an activating group) is 1. The van der Waals surface area contributed by atoms with E-state index in [-0.39, 0.29) is 16.3 Å². The van der Waals surface area contributed by atoms with Gasteiger partial charge in [-0.2, -0.15) is 0 Å². The molecule has 0 radical (unpaired) electrons. The average molecular weight is 473 g/mol. The van der Waals surface area contributed by atoms with Gasteiger partial charge in [-0.15, -0.1) is 11.3 Å². The molecule has 0 aliphatic carbocycles. The monoisotopic (exact) mass is 472 g/mol. The van der Waals surface area contributed by atoms with Gasteiger partial charge in [0.05, 0.1) is 16.3 Å². The second kappa shape index (κ2) is 10.6. The van der Waals surface area contributed by atoms with Crippen molar-refractivity contribution in [2.75, 3.05) is 30.8 Å². The van der Waals surface area contributed by atoms with E-state index in [1.54, 1.807) is 29.7 Å². The first-order valence-electron chi connectivity index (χ1n) is 10.0. The molecule has 9 heteroatoms. The molecule has 3 N–H and O–H groups in total. The molecule has 3 heterocycles. The van der Waals surface area contributed by atoms with Crippen LogP contribution in [0.1, 0.15) is 26.4 Å². The summed E-state index contributed by atoms with van der Waals surface area (Å²) < 4.78 is 0. The molecular formula is C23H25ClN4O3S. The van der Waals surface area contributed by atoms with Gasteiger partial charge >= 0.3 is 0 Å². The van der Waals surface area contributed by atoms with Crippen LogP contribution in [0.5, 0.6) is 5.75 Å². The molecule has 1 aromatic carbocycles. The van der Waals surface area contributed by atoms with E-state index >= 15 is 0 Å².